The minimum Gasteiger partial charge on any atom is -0.305 e. The molecule has 2 aromatic carbocycles. The van der Waals surface area contributed by atoms with Crippen molar-refractivity contribution in [2.24, 2.45) is 16.2 Å². The summed E-state index contributed by atoms with van der Waals surface area (Å²) in [7, 11) is 0. The van der Waals surface area contributed by atoms with Crippen LogP contribution in [-0.2, 0) is 11.3 Å². The second-order valence-electron chi connectivity index (χ2n) is 6.84. The normalized spacial score (nSPS) is 20.0. The molecule has 1 aliphatic rings. The molecule has 0 bridgehead atoms. The number of hydrogen-bond donors (Lipinski definition) is 1. The van der Waals surface area contributed by atoms with Gasteiger partial charge in [0.1, 0.15) is 4.75 Å². The highest BCUT2D eigenvalue weighted by molar-refractivity contribution is 8.03. The molecule has 1 unspecified atom stereocenters. The highest BCUT2D eigenvalue weighted by Gasteiger charge is 2.58. The van der Waals surface area contributed by atoms with Crippen LogP contribution in [0.2, 0.25) is 5.02 Å². The summed E-state index contributed by atoms with van der Waals surface area (Å²) in [6.45, 7) is 3.98. The van der Waals surface area contributed by atoms with Crippen LogP contribution in [-0.4, -0.2) is 6.18 Å². The molecular weight excluding hydrogens is 407 g/mol. The van der Waals surface area contributed by atoms with Crippen LogP contribution in [0.5, 0.6) is 0 Å². The first-order chi connectivity index (χ1) is 13.2. The number of nitrogens with two attached hydrogens (primary N) is 1. The van der Waals surface area contributed by atoms with Crippen LogP contribution in [0.15, 0.2) is 52.1 Å². The molecule has 0 aromatic heterocycles. The van der Waals surface area contributed by atoms with Crippen LogP contribution in [0.25, 0.3) is 5.57 Å². The predicted octanol–water partition coefficient (Wildman–Crippen LogP) is 6.72. The van der Waals surface area contributed by atoms with Gasteiger partial charge in [0.25, 0.3) is 0 Å². The fourth-order valence-electron chi connectivity index (χ4n) is 3.35. The molecule has 3 nitrogen and oxygen atoms in total. The molecule has 0 radical (unpaired) electrons. The Kier molecular flexibility index (Phi) is 5.77. The molecule has 1 aliphatic heterocycles. The first-order valence-electron chi connectivity index (χ1n) is 8.54. The van der Waals surface area contributed by atoms with Gasteiger partial charge < -0.3 is 5.84 Å². The van der Waals surface area contributed by atoms with E-state index >= 15 is 0 Å². The van der Waals surface area contributed by atoms with E-state index in [0.29, 0.717) is 22.7 Å². The second-order valence-corrected chi connectivity index (χ2v) is 8.44. The molecule has 8 heteroatoms. The summed E-state index contributed by atoms with van der Waals surface area (Å²) in [6, 6.07) is 10.2. The van der Waals surface area contributed by atoms with Crippen molar-refractivity contribution in [1.82, 2.24) is 0 Å². The Bertz CT molecular complexity index is 936. The van der Waals surface area contributed by atoms with Crippen molar-refractivity contribution in [3.8, 4) is 0 Å². The van der Waals surface area contributed by atoms with Gasteiger partial charge in [0.2, 0.25) is 0 Å². The molecule has 0 spiro atoms. The number of aryl methyl sites for hydroxylation is 2. The van der Waals surface area contributed by atoms with Crippen LogP contribution in [0.3, 0.4) is 0 Å². The Morgan fingerprint density at radius 3 is 2.54 bits per heavy atom. The molecule has 2 aromatic rings. The zero-order chi connectivity index (χ0) is 20.5. The van der Waals surface area contributed by atoms with Crippen LogP contribution >= 0.6 is 23.4 Å². The lowest BCUT2D eigenvalue weighted by atomic mass is 9.87. The standard InChI is InChI=1S/C20H19ClF3N3S/c1-12-5-17(8-18(21)6-12)19(20(22,23)24)9-16(11-28-19)14-3-4-15(10-26-27-25)13(2)7-14/h3-8,11H,9-10H2,1-2H3,(H2,25,26). The van der Waals surface area contributed by atoms with Gasteiger partial charge in [-0.3, -0.25) is 0 Å². The van der Waals surface area contributed by atoms with Gasteiger partial charge in [-0.1, -0.05) is 41.1 Å². The molecule has 0 saturated carbocycles. The van der Waals surface area contributed by atoms with E-state index in [0.717, 1.165) is 28.5 Å². The minimum absolute atomic E-state index is 0.151. The van der Waals surface area contributed by atoms with Gasteiger partial charge in [0.05, 0.1) is 6.54 Å². The molecule has 3 rings (SSSR count). The number of alkyl halides is 3. The molecule has 0 fully saturated rings. The maximum atomic E-state index is 14.2. The molecular formula is C20H19ClF3N3S. The monoisotopic (exact) mass is 425 g/mol. The van der Waals surface area contributed by atoms with E-state index in [2.05, 4.69) is 10.3 Å². The topological polar surface area (TPSA) is 50.7 Å². The lowest BCUT2D eigenvalue weighted by Crippen LogP contribution is -2.37. The SMILES string of the molecule is Cc1cc(Cl)cc(C2(C(F)(F)F)CC(c3ccc(CN=NN)c(C)c3)=CS2)c1. The summed E-state index contributed by atoms with van der Waals surface area (Å²) in [5, 5.41) is 8.92. The fraction of sp³-hybridized carbons (Fsp3) is 0.300. The Labute approximate surface area is 170 Å². The maximum absolute atomic E-state index is 14.2. The van der Waals surface area contributed by atoms with E-state index in [4.69, 9.17) is 17.4 Å². The molecule has 2 N–H and O–H groups in total. The van der Waals surface area contributed by atoms with Crippen molar-refractivity contribution in [2.75, 3.05) is 0 Å². The van der Waals surface area contributed by atoms with E-state index in [1.165, 1.54) is 6.07 Å². The van der Waals surface area contributed by atoms with Crippen molar-refractivity contribution < 1.29 is 13.2 Å². The van der Waals surface area contributed by atoms with Crippen molar-refractivity contribution in [2.45, 2.75) is 37.7 Å². The van der Waals surface area contributed by atoms with Crippen molar-refractivity contribution in [1.29, 1.82) is 0 Å². The molecule has 1 heterocycles. The molecule has 0 aliphatic carbocycles. The Morgan fingerprint density at radius 2 is 1.93 bits per heavy atom. The van der Waals surface area contributed by atoms with E-state index in [1.54, 1.807) is 24.5 Å². The molecule has 1 atom stereocenters. The number of nitrogens with zero attached hydrogens (tertiary/aromatic N) is 2. The first kappa shape index (κ1) is 20.7. The fourth-order valence-corrected chi connectivity index (χ4v) is 4.83. The van der Waals surface area contributed by atoms with Crippen molar-refractivity contribution >= 4 is 28.9 Å². The number of halogens is 4. The van der Waals surface area contributed by atoms with Crippen LogP contribution in [0.4, 0.5) is 13.2 Å². The molecule has 0 amide bonds. The highest BCUT2D eigenvalue weighted by Crippen LogP contribution is 2.59. The third-order valence-corrected chi connectivity index (χ3v) is 6.48. The average molecular weight is 426 g/mol. The molecule has 0 saturated heterocycles. The van der Waals surface area contributed by atoms with Crippen LogP contribution in [0.1, 0.15) is 34.2 Å². The quantitative estimate of drug-likeness (QED) is 0.336. The van der Waals surface area contributed by atoms with Gasteiger partial charge in [0, 0.05) is 11.4 Å². The summed E-state index contributed by atoms with van der Waals surface area (Å²) in [6.07, 6.45) is -4.58. The number of allylic oxidation sites excluding steroid dienone is 1. The van der Waals surface area contributed by atoms with Gasteiger partial charge in [-0.15, -0.1) is 11.8 Å². The van der Waals surface area contributed by atoms with Gasteiger partial charge in [-0.05, 0) is 64.8 Å². The highest BCUT2D eigenvalue weighted by atomic mass is 35.5. The van der Waals surface area contributed by atoms with Gasteiger partial charge in [0.15, 0.2) is 0 Å². The summed E-state index contributed by atoms with van der Waals surface area (Å²) < 4.78 is 40.6. The summed E-state index contributed by atoms with van der Waals surface area (Å²) in [5.41, 5.74) is 4.15. The maximum Gasteiger partial charge on any atom is 0.407 e. The number of benzene rings is 2. The van der Waals surface area contributed by atoms with Gasteiger partial charge in [-0.2, -0.15) is 18.3 Å². The zero-order valence-corrected chi connectivity index (χ0v) is 16.9. The van der Waals surface area contributed by atoms with Gasteiger partial charge in [-0.25, -0.2) is 0 Å². The molecule has 148 valence electrons. The Balaban J connectivity index is 1.97. The third-order valence-electron chi connectivity index (χ3n) is 4.84. The second kappa shape index (κ2) is 7.79. The lowest BCUT2D eigenvalue weighted by molar-refractivity contribution is -0.160. The summed E-state index contributed by atoms with van der Waals surface area (Å²) >= 11 is 6.85. The first-order valence-corrected chi connectivity index (χ1v) is 9.80. The van der Waals surface area contributed by atoms with E-state index in [1.807, 2.05) is 25.1 Å². The molecule has 28 heavy (non-hydrogen) atoms. The van der Waals surface area contributed by atoms with Crippen LogP contribution < -0.4 is 5.84 Å². The van der Waals surface area contributed by atoms with E-state index in [-0.39, 0.29) is 12.0 Å². The largest absolute Gasteiger partial charge is 0.407 e. The number of hydrogen-bond acceptors (Lipinski definition) is 3. The van der Waals surface area contributed by atoms with Crippen molar-refractivity contribution in [3.05, 3.63) is 74.6 Å². The summed E-state index contributed by atoms with van der Waals surface area (Å²) in [5.74, 6) is 5.03. The van der Waals surface area contributed by atoms with Gasteiger partial charge >= 0.3 is 6.18 Å². The average Bonchev–Trinajstić information content (AvgIpc) is 3.06. The Hall–Kier alpha value is -1.99. The smallest absolute Gasteiger partial charge is 0.305 e. The van der Waals surface area contributed by atoms with Crippen molar-refractivity contribution in [3.63, 3.8) is 0 Å². The number of thioether (sulfide) groups is 1. The third kappa shape index (κ3) is 3.91. The predicted molar refractivity (Wildman–Crippen MR) is 108 cm³/mol. The zero-order valence-electron chi connectivity index (χ0n) is 15.3. The lowest BCUT2D eigenvalue weighted by Gasteiger charge is -2.32. The Morgan fingerprint density at radius 1 is 1.18 bits per heavy atom. The van der Waals surface area contributed by atoms with Crippen LogP contribution in [0, 0.1) is 13.8 Å². The minimum atomic E-state index is -4.43. The number of rotatable bonds is 4. The van der Waals surface area contributed by atoms with E-state index in [9.17, 15) is 13.2 Å². The summed E-state index contributed by atoms with van der Waals surface area (Å²) in [4.78, 5) is 0. The van der Waals surface area contributed by atoms with E-state index < -0.39 is 10.9 Å².